The van der Waals surface area contributed by atoms with E-state index in [4.69, 9.17) is 52.1 Å². The van der Waals surface area contributed by atoms with Crippen LogP contribution in [0.3, 0.4) is 0 Å². The predicted molar refractivity (Wildman–Crippen MR) is 97.0 cm³/mol. The lowest BCUT2D eigenvalue weighted by atomic mass is 10.0. The summed E-state index contributed by atoms with van der Waals surface area (Å²) in [4.78, 5) is 11.2. The molecule has 8 heteroatoms. The first kappa shape index (κ1) is 18.6. The molecule has 1 amide bonds. The molecular formula is C15H11Cl4NO2S. The van der Waals surface area contributed by atoms with Crippen molar-refractivity contribution in [3.05, 3.63) is 67.6 Å². The van der Waals surface area contributed by atoms with Gasteiger partial charge in [0.2, 0.25) is 5.91 Å². The van der Waals surface area contributed by atoms with Crippen molar-refractivity contribution < 1.29 is 9.00 Å². The Labute approximate surface area is 156 Å². The number of carbonyl (C=O) groups is 1. The van der Waals surface area contributed by atoms with Gasteiger partial charge < -0.3 is 5.73 Å². The van der Waals surface area contributed by atoms with Gasteiger partial charge in [0.15, 0.2) is 0 Å². The highest BCUT2D eigenvalue weighted by atomic mass is 35.5. The second-order valence-electron chi connectivity index (χ2n) is 4.72. The number of benzene rings is 2. The second-order valence-corrected chi connectivity index (χ2v) is 7.87. The Balaban J connectivity index is 2.54. The van der Waals surface area contributed by atoms with Crippen molar-refractivity contribution in [2.75, 3.05) is 5.75 Å². The van der Waals surface area contributed by atoms with E-state index in [1.54, 1.807) is 36.4 Å². The third-order valence-corrected chi connectivity index (χ3v) is 6.16. The molecule has 0 aromatic heterocycles. The zero-order chi connectivity index (χ0) is 17.1. The van der Waals surface area contributed by atoms with Crippen molar-refractivity contribution in [3.63, 3.8) is 0 Å². The second kappa shape index (κ2) is 7.86. The maximum Gasteiger partial charge on any atom is 0.230 e. The standard InChI is InChI=1S/C15H11Cl4NO2S/c16-10-3-1-8(5-12(10)18)15(23(22)7-14(20)21)9-2-4-11(17)13(19)6-9/h1-6,15H,7H2,(H2,20,21). The van der Waals surface area contributed by atoms with Crippen LogP contribution < -0.4 is 5.73 Å². The lowest BCUT2D eigenvalue weighted by Gasteiger charge is -2.18. The van der Waals surface area contributed by atoms with Crippen molar-refractivity contribution in [2.24, 2.45) is 5.73 Å². The Morgan fingerprint density at radius 2 is 1.35 bits per heavy atom. The van der Waals surface area contributed by atoms with Gasteiger partial charge in [0.1, 0.15) is 5.75 Å². The molecule has 1 atom stereocenters. The number of halogens is 4. The van der Waals surface area contributed by atoms with Crippen LogP contribution in [0.4, 0.5) is 0 Å². The van der Waals surface area contributed by atoms with E-state index >= 15 is 0 Å². The SMILES string of the molecule is NC(=O)CS(=O)C(c1ccc(Cl)c(Cl)c1)c1ccc(Cl)c(Cl)c1. The molecule has 0 aliphatic heterocycles. The summed E-state index contributed by atoms with van der Waals surface area (Å²) >= 11 is 23.9. The summed E-state index contributed by atoms with van der Waals surface area (Å²) in [5.74, 6) is -0.945. The molecule has 0 bridgehead atoms. The number of hydrogen-bond donors (Lipinski definition) is 1. The quantitative estimate of drug-likeness (QED) is 0.781. The number of carbonyl (C=O) groups excluding carboxylic acids is 1. The molecule has 0 spiro atoms. The van der Waals surface area contributed by atoms with Crippen LogP contribution in [0, 0.1) is 0 Å². The highest BCUT2D eigenvalue weighted by molar-refractivity contribution is 7.86. The first-order valence-corrected chi connectivity index (χ1v) is 9.24. The molecule has 0 aliphatic carbocycles. The minimum atomic E-state index is -1.60. The normalized spacial score (nSPS) is 12.4. The van der Waals surface area contributed by atoms with E-state index in [0.29, 0.717) is 31.2 Å². The Hall–Kier alpha value is -0.780. The van der Waals surface area contributed by atoms with Gasteiger partial charge in [0, 0.05) is 10.8 Å². The van der Waals surface area contributed by atoms with Gasteiger partial charge >= 0.3 is 0 Å². The molecule has 23 heavy (non-hydrogen) atoms. The van der Waals surface area contributed by atoms with Crippen LogP contribution >= 0.6 is 46.4 Å². The van der Waals surface area contributed by atoms with Crippen molar-refractivity contribution in [3.8, 4) is 0 Å². The van der Waals surface area contributed by atoms with Crippen LogP contribution in [0.15, 0.2) is 36.4 Å². The van der Waals surface area contributed by atoms with Gasteiger partial charge in [0.05, 0.1) is 25.3 Å². The van der Waals surface area contributed by atoms with Gasteiger partial charge in [-0.3, -0.25) is 9.00 Å². The van der Waals surface area contributed by atoms with Crippen LogP contribution in [-0.2, 0) is 15.6 Å². The van der Waals surface area contributed by atoms with E-state index in [-0.39, 0.29) is 5.75 Å². The molecule has 0 radical (unpaired) electrons. The van der Waals surface area contributed by atoms with Crippen LogP contribution in [0.2, 0.25) is 20.1 Å². The van der Waals surface area contributed by atoms with Gasteiger partial charge in [0.25, 0.3) is 0 Å². The smallest absolute Gasteiger partial charge is 0.230 e. The highest BCUT2D eigenvalue weighted by Crippen LogP contribution is 2.35. The number of amides is 1. The van der Waals surface area contributed by atoms with Gasteiger partial charge in [-0.1, -0.05) is 58.5 Å². The lowest BCUT2D eigenvalue weighted by molar-refractivity contribution is -0.115. The third kappa shape index (κ3) is 4.61. The van der Waals surface area contributed by atoms with Crippen molar-refractivity contribution in [1.29, 1.82) is 0 Å². The van der Waals surface area contributed by atoms with Gasteiger partial charge in [-0.2, -0.15) is 0 Å². The largest absolute Gasteiger partial charge is 0.369 e. The summed E-state index contributed by atoms with van der Waals surface area (Å²) in [5, 5.41) is 0.774. The van der Waals surface area contributed by atoms with Crippen LogP contribution in [-0.4, -0.2) is 15.9 Å². The molecule has 2 aromatic rings. The van der Waals surface area contributed by atoms with Gasteiger partial charge in [-0.05, 0) is 35.4 Å². The van der Waals surface area contributed by atoms with Crippen molar-refractivity contribution in [1.82, 2.24) is 0 Å². The topological polar surface area (TPSA) is 60.2 Å². The van der Waals surface area contributed by atoms with Gasteiger partial charge in [-0.25, -0.2) is 0 Å². The zero-order valence-electron chi connectivity index (χ0n) is 11.6. The van der Waals surface area contributed by atoms with E-state index < -0.39 is 22.0 Å². The minimum absolute atomic E-state index is 0.287. The summed E-state index contributed by atoms with van der Waals surface area (Å²) < 4.78 is 12.6. The summed E-state index contributed by atoms with van der Waals surface area (Å²) in [6.07, 6.45) is 0. The summed E-state index contributed by atoms with van der Waals surface area (Å²) in [5.41, 5.74) is 6.44. The number of hydrogen-bond acceptors (Lipinski definition) is 2. The number of nitrogens with two attached hydrogens (primary N) is 1. The predicted octanol–water partition coefficient (Wildman–Crippen LogP) is 4.62. The Bertz CT molecular complexity index is 731. The highest BCUT2D eigenvalue weighted by Gasteiger charge is 2.24. The van der Waals surface area contributed by atoms with E-state index in [2.05, 4.69) is 0 Å². The van der Waals surface area contributed by atoms with Crippen molar-refractivity contribution >= 4 is 63.1 Å². The lowest BCUT2D eigenvalue weighted by Crippen LogP contribution is -2.23. The maximum absolute atomic E-state index is 12.6. The first-order valence-electron chi connectivity index (χ1n) is 6.35. The van der Waals surface area contributed by atoms with Crippen molar-refractivity contribution in [2.45, 2.75) is 5.25 Å². The molecule has 0 heterocycles. The Kier molecular flexibility index (Phi) is 6.34. The van der Waals surface area contributed by atoms with E-state index in [9.17, 15) is 9.00 Å². The van der Waals surface area contributed by atoms with Gasteiger partial charge in [-0.15, -0.1) is 0 Å². The molecule has 0 saturated heterocycles. The summed E-state index contributed by atoms with van der Waals surface area (Å²) in [6, 6.07) is 9.81. The number of rotatable bonds is 5. The summed E-state index contributed by atoms with van der Waals surface area (Å²) in [7, 11) is -1.60. The monoisotopic (exact) mass is 409 g/mol. The average Bonchev–Trinajstić information content (AvgIpc) is 2.46. The van der Waals surface area contributed by atoms with Crippen LogP contribution in [0.25, 0.3) is 0 Å². The molecule has 2 rings (SSSR count). The molecule has 0 fully saturated rings. The molecule has 1 unspecified atom stereocenters. The fourth-order valence-electron chi connectivity index (χ4n) is 2.07. The zero-order valence-corrected chi connectivity index (χ0v) is 15.4. The van der Waals surface area contributed by atoms with Crippen LogP contribution in [0.1, 0.15) is 16.4 Å². The summed E-state index contributed by atoms with van der Waals surface area (Å²) in [6.45, 7) is 0. The first-order chi connectivity index (χ1) is 10.8. The molecule has 0 saturated carbocycles. The maximum atomic E-state index is 12.6. The third-order valence-electron chi connectivity index (χ3n) is 3.04. The molecule has 3 nitrogen and oxygen atoms in total. The number of primary amides is 1. The Morgan fingerprint density at radius 3 is 1.70 bits per heavy atom. The molecule has 122 valence electrons. The minimum Gasteiger partial charge on any atom is -0.369 e. The molecule has 2 N–H and O–H groups in total. The fourth-order valence-corrected chi connectivity index (χ4v) is 4.03. The van der Waals surface area contributed by atoms with E-state index in [0.717, 1.165) is 0 Å². The Morgan fingerprint density at radius 1 is 0.913 bits per heavy atom. The van der Waals surface area contributed by atoms with Crippen LogP contribution in [0.5, 0.6) is 0 Å². The van der Waals surface area contributed by atoms with E-state index in [1.165, 1.54) is 0 Å². The molecule has 2 aromatic carbocycles. The fraction of sp³-hybridized carbons (Fsp3) is 0.133. The van der Waals surface area contributed by atoms with E-state index in [1.807, 2.05) is 0 Å². The molecular weight excluding hydrogens is 400 g/mol. The molecule has 0 aliphatic rings. The average molecular weight is 411 g/mol.